The van der Waals surface area contributed by atoms with Crippen LogP contribution in [0.15, 0.2) is 97.2 Å². The maximum Gasteiger partial charge on any atom is 0.472 e. The quantitative estimate of drug-likeness (QED) is 0.0169. The van der Waals surface area contributed by atoms with Crippen LogP contribution in [0.5, 0.6) is 0 Å². The molecule has 0 amide bonds. The second-order valence-corrected chi connectivity index (χ2v) is 29.2. The number of unbranched alkanes of at least 4 members (excludes halogenated alkanes) is 32. The molecule has 0 fully saturated rings. The lowest BCUT2D eigenvalue weighted by Crippen LogP contribution is -2.30. The van der Waals surface area contributed by atoms with Gasteiger partial charge in [-0.25, -0.2) is 9.13 Å². The highest BCUT2D eigenvalue weighted by Gasteiger charge is 2.30. The number of phosphoric ester groups is 2. The van der Waals surface area contributed by atoms with Crippen LogP contribution in [0.2, 0.25) is 0 Å². The van der Waals surface area contributed by atoms with E-state index < -0.39 is 97.5 Å². The van der Waals surface area contributed by atoms with Crippen LogP contribution >= 0.6 is 15.6 Å². The van der Waals surface area contributed by atoms with Crippen molar-refractivity contribution in [1.82, 2.24) is 0 Å². The Bertz CT molecular complexity index is 2270. The molecule has 100 heavy (non-hydrogen) atoms. The van der Waals surface area contributed by atoms with E-state index in [-0.39, 0.29) is 25.7 Å². The van der Waals surface area contributed by atoms with Crippen molar-refractivity contribution in [3.63, 3.8) is 0 Å². The first-order valence-electron chi connectivity index (χ1n) is 39.5. The summed E-state index contributed by atoms with van der Waals surface area (Å²) in [5, 5.41) is 10.6. The summed E-state index contributed by atoms with van der Waals surface area (Å²) in [4.78, 5) is 72.9. The van der Waals surface area contributed by atoms with E-state index in [4.69, 9.17) is 37.0 Å². The molecule has 0 heterocycles. The van der Waals surface area contributed by atoms with Crippen LogP contribution < -0.4 is 0 Å². The third kappa shape index (κ3) is 72.3. The Labute approximate surface area is 607 Å². The van der Waals surface area contributed by atoms with Gasteiger partial charge in [-0.05, 0) is 122 Å². The second-order valence-electron chi connectivity index (χ2n) is 26.3. The van der Waals surface area contributed by atoms with Gasteiger partial charge in [0.1, 0.15) is 19.3 Å². The van der Waals surface area contributed by atoms with Gasteiger partial charge in [0.05, 0.1) is 26.4 Å². The van der Waals surface area contributed by atoms with E-state index in [2.05, 4.69) is 125 Å². The number of carbonyl (C=O) groups is 4. The maximum absolute atomic E-state index is 13.1. The Morgan fingerprint density at radius 2 is 0.540 bits per heavy atom. The summed E-state index contributed by atoms with van der Waals surface area (Å²) in [6, 6.07) is 0. The summed E-state index contributed by atoms with van der Waals surface area (Å²) in [6.45, 7) is 4.66. The number of phosphoric acid groups is 2. The zero-order valence-corrected chi connectivity index (χ0v) is 64.9. The van der Waals surface area contributed by atoms with Crippen molar-refractivity contribution in [2.75, 3.05) is 39.6 Å². The molecule has 578 valence electrons. The van der Waals surface area contributed by atoms with Gasteiger partial charge in [0.25, 0.3) is 0 Å². The van der Waals surface area contributed by atoms with Crippen LogP contribution in [0.1, 0.15) is 336 Å². The molecule has 0 bridgehead atoms. The molecule has 0 spiro atoms. The third-order valence-electron chi connectivity index (χ3n) is 16.5. The van der Waals surface area contributed by atoms with E-state index in [1.165, 1.54) is 70.6 Å². The predicted octanol–water partition coefficient (Wildman–Crippen LogP) is 22.8. The van der Waals surface area contributed by atoms with E-state index in [0.717, 1.165) is 186 Å². The van der Waals surface area contributed by atoms with Crippen LogP contribution in [0.3, 0.4) is 0 Å². The fourth-order valence-electron chi connectivity index (χ4n) is 10.5. The minimum absolute atomic E-state index is 0.0749. The van der Waals surface area contributed by atoms with Gasteiger partial charge >= 0.3 is 39.5 Å². The molecule has 0 saturated heterocycles. The van der Waals surface area contributed by atoms with Crippen LogP contribution in [0, 0.1) is 0 Å². The summed E-state index contributed by atoms with van der Waals surface area (Å²) in [5.41, 5.74) is 0. The van der Waals surface area contributed by atoms with E-state index in [1.807, 2.05) is 0 Å². The van der Waals surface area contributed by atoms with E-state index >= 15 is 0 Å². The summed E-state index contributed by atoms with van der Waals surface area (Å²) in [5.74, 6) is -2.21. The third-order valence-corrected chi connectivity index (χ3v) is 18.4. The van der Waals surface area contributed by atoms with Crippen molar-refractivity contribution in [3.8, 4) is 0 Å². The largest absolute Gasteiger partial charge is 0.472 e. The Kier molecular flexibility index (Phi) is 70.4. The Morgan fingerprint density at radius 1 is 0.290 bits per heavy atom. The zero-order valence-electron chi connectivity index (χ0n) is 63.1. The van der Waals surface area contributed by atoms with Crippen LogP contribution in [-0.4, -0.2) is 96.7 Å². The molecule has 0 aliphatic rings. The Morgan fingerprint density at radius 3 is 0.860 bits per heavy atom. The van der Waals surface area contributed by atoms with Gasteiger partial charge in [-0.15, -0.1) is 0 Å². The molecule has 0 aliphatic heterocycles. The molecule has 3 N–H and O–H groups in total. The lowest BCUT2D eigenvalue weighted by atomic mass is 10.0. The molecule has 19 heteroatoms. The van der Waals surface area contributed by atoms with Crippen molar-refractivity contribution in [3.05, 3.63) is 97.2 Å². The van der Waals surface area contributed by atoms with Gasteiger partial charge < -0.3 is 33.8 Å². The van der Waals surface area contributed by atoms with Crippen molar-refractivity contribution < 1.29 is 80.2 Å². The van der Waals surface area contributed by atoms with Gasteiger partial charge in [-0.3, -0.25) is 37.3 Å². The molecule has 0 aromatic heterocycles. The van der Waals surface area contributed by atoms with E-state index in [1.54, 1.807) is 0 Å². The minimum Gasteiger partial charge on any atom is -0.462 e. The average Bonchev–Trinajstić information content (AvgIpc) is 0.936. The molecule has 0 aliphatic carbocycles. The first kappa shape index (κ1) is 96.0. The second kappa shape index (κ2) is 73.3. The molecule has 17 nitrogen and oxygen atoms in total. The number of ether oxygens (including phenoxy) is 4. The summed E-state index contributed by atoms with van der Waals surface area (Å²) in [7, 11) is -9.96. The van der Waals surface area contributed by atoms with Crippen molar-refractivity contribution in [1.29, 1.82) is 0 Å². The number of hydrogen-bond acceptors (Lipinski definition) is 15. The number of allylic oxidation sites excluding steroid dienone is 16. The predicted molar refractivity (Wildman–Crippen MR) is 409 cm³/mol. The summed E-state index contributed by atoms with van der Waals surface area (Å²) >= 11 is 0. The van der Waals surface area contributed by atoms with E-state index in [9.17, 15) is 43.2 Å². The highest BCUT2D eigenvalue weighted by atomic mass is 31.2. The van der Waals surface area contributed by atoms with Crippen LogP contribution in [0.25, 0.3) is 0 Å². The molecule has 5 unspecified atom stereocenters. The topological polar surface area (TPSA) is 237 Å². The fraction of sp³-hybridized carbons (Fsp3) is 0.753. The van der Waals surface area contributed by atoms with Gasteiger partial charge in [-0.2, -0.15) is 0 Å². The lowest BCUT2D eigenvalue weighted by Gasteiger charge is -2.21. The van der Waals surface area contributed by atoms with Crippen molar-refractivity contribution in [2.45, 2.75) is 354 Å². The van der Waals surface area contributed by atoms with Crippen molar-refractivity contribution >= 4 is 39.5 Å². The molecule has 0 saturated carbocycles. The smallest absolute Gasteiger partial charge is 0.462 e. The molecular weight excluding hydrogens is 1310 g/mol. The number of rotatable bonds is 74. The lowest BCUT2D eigenvalue weighted by molar-refractivity contribution is -0.161. The highest BCUT2D eigenvalue weighted by Crippen LogP contribution is 2.45. The standard InChI is InChI=1S/C81H142O17P2/c1-5-9-13-17-21-25-29-33-35-36-37-38-40-44-46-50-54-58-62-66-79(84)92-72-77(98-81(86)68-64-60-56-52-48-42-32-28-24-20-16-12-8-4)74-96-100(89,90)94-70-75(82)69-93-99(87,88)95-73-76(97-80(85)67-63-59-55-51-47-41-31-27-23-19-15-11-7-3)71-91-78(83)65-61-57-53-49-45-43-39-34-30-26-22-18-14-10-6-2/h10,14-15,19,21-22,25-27,31,33-35,37-39,75-77,82H,5-9,11-13,16-18,20,23-24,28-30,32,36,40-74H2,1-4H3,(H,87,88)(H,89,90)/b14-10-,19-15-,25-21-,26-22-,31-27-,35-33-,38-37-,39-34-. The fourth-order valence-corrected chi connectivity index (χ4v) is 12.1. The Balaban J connectivity index is 5.34. The normalized spacial score (nSPS) is 14.4. The first-order valence-corrected chi connectivity index (χ1v) is 42.5. The Hall–Kier alpha value is -4.02. The molecule has 5 atom stereocenters. The summed E-state index contributed by atoms with van der Waals surface area (Å²) in [6.07, 6.45) is 76.7. The van der Waals surface area contributed by atoms with Crippen LogP contribution in [0.4, 0.5) is 0 Å². The number of hydrogen-bond donors (Lipinski definition) is 3. The number of carbonyl (C=O) groups excluding carboxylic acids is 4. The molecule has 0 radical (unpaired) electrons. The number of esters is 4. The number of aliphatic hydroxyl groups excluding tert-OH is 1. The average molecular weight is 1450 g/mol. The number of aliphatic hydroxyl groups is 1. The molecule has 0 rings (SSSR count). The molecule has 0 aromatic carbocycles. The van der Waals surface area contributed by atoms with Gasteiger partial charge in [-0.1, -0.05) is 285 Å². The zero-order chi connectivity index (χ0) is 73.2. The summed E-state index contributed by atoms with van der Waals surface area (Å²) < 4.78 is 68.5. The SMILES string of the molecule is CC/C=C\C/C=C\C/C=C\CCCCCCCC(=O)OCC(COP(=O)(O)OCC(O)COP(=O)(O)OCC(COC(=O)CCCCCCCC/C=C\C/C=C\C/C=C\CCCCC)OC(=O)CCCCCCCCCCCCCCC)OC(=O)CCCCCCC/C=C\C/C=C\CCC. The van der Waals surface area contributed by atoms with E-state index in [0.29, 0.717) is 25.7 Å². The maximum atomic E-state index is 13.1. The van der Waals surface area contributed by atoms with Crippen molar-refractivity contribution in [2.24, 2.45) is 0 Å². The minimum atomic E-state index is -4.98. The highest BCUT2D eigenvalue weighted by molar-refractivity contribution is 7.47. The van der Waals surface area contributed by atoms with Gasteiger partial charge in [0.2, 0.25) is 0 Å². The van der Waals surface area contributed by atoms with Gasteiger partial charge in [0.15, 0.2) is 12.2 Å². The molecule has 0 aromatic rings. The first-order chi connectivity index (χ1) is 48.7. The van der Waals surface area contributed by atoms with Crippen LogP contribution in [-0.2, 0) is 65.4 Å². The monoisotopic (exact) mass is 1450 g/mol. The van der Waals surface area contributed by atoms with Gasteiger partial charge in [0, 0.05) is 25.7 Å². The molecular formula is C81H142O17P2.